The third-order valence-corrected chi connectivity index (χ3v) is 2.23. The van der Waals surface area contributed by atoms with Gasteiger partial charge >= 0.3 is 0 Å². The number of nitrogens with zero attached hydrogens (tertiary/aromatic N) is 1. The van der Waals surface area contributed by atoms with Crippen molar-refractivity contribution in [3.05, 3.63) is 47.8 Å². The van der Waals surface area contributed by atoms with E-state index in [2.05, 4.69) is 4.98 Å². The molecule has 0 bridgehead atoms. The predicted molar refractivity (Wildman–Crippen MR) is 53.9 cm³/mol. The maximum Gasteiger partial charge on any atom is 0.252 e. The van der Waals surface area contributed by atoms with Crippen LogP contribution >= 0.6 is 0 Å². The number of nitrogen functional groups attached to an aromatic ring is 1. The minimum atomic E-state index is -1.71. The highest BCUT2D eigenvalue weighted by atomic mass is 19.2. The van der Waals surface area contributed by atoms with Crippen LogP contribution in [0.3, 0.4) is 0 Å². The number of aromatic nitrogens is 1. The minimum Gasteiger partial charge on any atom is -0.398 e. The van der Waals surface area contributed by atoms with Crippen molar-refractivity contribution < 1.29 is 17.6 Å². The van der Waals surface area contributed by atoms with E-state index in [9.17, 15) is 17.6 Å². The molecule has 0 saturated carbocycles. The van der Waals surface area contributed by atoms with Gasteiger partial charge in [0.1, 0.15) is 0 Å². The van der Waals surface area contributed by atoms with Gasteiger partial charge in [0, 0.05) is 11.3 Å². The number of benzene rings is 1. The first-order chi connectivity index (χ1) is 8.02. The standard InChI is InChI=1S/C11H6F4N2/c12-8-7(5-3-1-2-4-6(5)16)9(13)11(15)17-10(8)14/h1-4H,16H2. The van der Waals surface area contributed by atoms with Crippen molar-refractivity contribution in [2.45, 2.75) is 0 Å². The summed E-state index contributed by atoms with van der Waals surface area (Å²) in [6.45, 7) is 0. The van der Waals surface area contributed by atoms with Gasteiger partial charge < -0.3 is 5.73 Å². The zero-order chi connectivity index (χ0) is 12.6. The summed E-state index contributed by atoms with van der Waals surface area (Å²) in [5.74, 6) is -6.55. The molecular weight excluding hydrogens is 236 g/mol. The molecular formula is C11H6F4N2. The highest BCUT2D eigenvalue weighted by molar-refractivity contribution is 5.76. The van der Waals surface area contributed by atoms with Crippen molar-refractivity contribution in [2.24, 2.45) is 0 Å². The van der Waals surface area contributed by atoms with E-state index in [0.29, 0.717) is 0 Å². The lowest BCUT2D eigenvalue weighted by Crippen LogP contribution is -2.04. The van der Waals surface area contributed by atoms with Crippen LogP contribution in [0, 0.1) is 23.5 Å². The van der Waals surface area contributed by atoms with Crippen molar-refractivity contribution in [3.63, 3.8) is 0 Å². The molecule has 0 aliphatic rings. The fourth-order valence-electron chi connectivity index (χ4n) is 1.45. The minimum absolute atomic E-state index is 0.00954. The van der Waals surface area contributed by atoms with Gasteiger partial charge in [0.2, 0.25) is 0 Å². The second-order valence-electron chi connectivity index (χ2n) is 3.28. The van der Waals surface area contributed by atoms with Crippen LogP contribution in [0.4, 0.5) is 23.2 Å². The quantitative estimate of drug-likeness (QED) is 0.474. The van der Waals surface area contributed by atoms with E-state index >= 15 is 0 Å². The number of halogens is 4. The number of hydrogen-bond acceptors (Lipinski definition) is 2. The summed E-state index contributed by atoms with van der Waals surface area (Å²) in [5, 5.41) is 0. The van der Waals surface area contributed by atoms with Gasteiger partial charge in [-0.15, -0.1) is 0 Å². The molecule has 0 unspecified atom stereocenters. The number of hydrogen-bond donors (Lipinski definition) is 1. The number of rotatable bonds is 1. The third-order valence-electron chi connectivity index (χ3n) is 2.23. The van der Waals surface area contributed by atoms with Crippen LogP contribution < -0.4 is 5.73 Å². The summed E-state index contributed by atoms with van der Waals surface area (Å²) < 4.78 is 52.6. The molecule has 0 saturated heterocycles. The molecule has 0 spiro atoms. The molecule has 17 heavy (non-hydrogen) atoms. The summed E-state index contributed by atoms with van der Waals surface area (Å²) in [4.78, 5) is 2.46. The molecule has 0 atom stereocenters. The summed E-state index contributed by atoms with van der Waals surface area (Å²) in [5.41, 5.74) is 4.53. The Kier molecular flexibility index (Phi) is 2.71. The molecule has 0 aliphatic carbocycles. The third kappa shape index (κ3) is 1.82. The molecule has 6 heteroatoms. The molecule has 2 rings (SSSR count). The number of pyridine rings is 1. The normalized spacial score (nSPS) is 10.6. The highest BCUT2D eigenvalue weighted by Crippen LogP contribution is 2.31. The molecule has 88 valence electrons. The van der Waals surface area contributed by atoms with Gasteiger partial charge in [-0.1, -0.05) is 18.2 Å². The molecule has 2 aromatic rings. The molecule has 1 aromatic carbocycles. The number of para-hydroxylation sites is 1. The Labute approximate surface area is 93.7 Å². The van der Waals surface area contributed by atoms with Gasteiger partial charge in [0.05, 0.1) is 5.56 Å². The first kappa shape index (κ1) is 11.4. The van der Waals surface area contributed by atoms with Crippen LogP contribution in [0.1, 0.15) is 0 Å². The summed E-state index contributed by atoms with van der Waals surface area (Å²) in [6.07, 6.45) is 0. The topological polar surface area (TPSA) is 38.9 Å². The first-order valence-corrected chi connectivity index (χ1v) is 4.57. The molecule has 0 amide bonds. The van der Waals surface area contributed by atoms with Crippen molar-refractivity contribution in [3.8, 4) is 11.1 Å². The Morgan fingerprint density at radius 3 is 1.94 bits per heavy atom. The van der Waals surface area contributed by atoms with Crippen LogP contribution in [0.15, 0.2) is 24.3 Å². The van der Waals surface area contributed by atoms with E-state index in [0.717, 1.165) is 0 Å². The van der Waals surface area contributed by atoms with E-state index in [4.69, 9.17) is 5.73 Å². The fourth-order valence-corrected chi connectivity index (χ4v) is 1.45. The van der Waals surface area contributed by atoms with Gasteiger partial charge in [-0.05, 0) is 6.07 Å². The fraction of sp³-hybridized carbons (Fsp3) is 0. The smallest absolute Gasteiger partial charge is 0.252 e. The van der Waals surface area contributed by atoms with E-state index in [-0.39, 0.29) is 11.3 Å². The average molecular weight is 242 g/mol. The van der Waals surface area contributed by atoms with Crippen molar-refractivity contribution in [1.82, 2.24) is 4.98 Å². The van der Waals surface area contributed by atoms with Gasteiger partial charge in [0.25, 0.3) is 11.9 Å². The summed E-state index contributed by atoms with van der Waals surface area (Å²) in [6, 6.07) is 5.60. The molecule has 0 aliphatic heterocycles. The van der Waals surface area contributed by atoms with Gasteiger partial charge in [0.15, 0.2) is 11.6 Å². The predicted octanol–water partition coefficient (Wildman–Crippen LogP) is 2.89. The van der Waals surface area contributed by atoms with Crippen LogP contribution in [0.5, 0.6) is 0 Å². The summed E-state index contributed by atoms with van der Waals surface area (Å²) >= 11 is 0. The highest BCUT2D eigenvalue weighted by Gasteiger charge is 2.22. The van der Waals surface area contributed by atoms with Crippen LogP contribution in [-0.2, 0) is 0 Å². The Morgan fingerprint density at radius 2 is 1.41 bits per heavy atom. The SMILES string of the molecule is Nc1ccccc1-c1c(F)c(F)nc(F)c1F. The second kappa shape index (κ2) is 4.04. The maximum atomic E-state index is 13.4. The first-order valence-electron chi connectivity index (χ1n) is 4.57. The maximum absolute atomic E-state index is 13.4. The Bertz CT molecular complexity index is 558. The van der Waals surface area contributed by atoms with E-state index < -0.39 is 29.1 Å². The summed E-state index contributed by atoms with van der Waals surface area (Å²) in [7, 11) is 0. The zero-order valence-electron chi connectivity index (χ0n) is 8.35. The lowest BCUT2D eigenvalue weighted by Gasteiger charge is -2.08. The van der Waals surface area contributed by atoms with Gasteiger partial charge in [-0.3, -0.25) is 0 Å². The van der Waals surface area contributed by atoms with Crippen molar-refractivity contribution in [2.75, 3.05) is 5.73 Å². The molecule has 0 radical (unpaired) electrons. The second-order valence-corrected chi connectivity index (χ2v) is 3.28. The molecule has 1 aromatic heterocycles. The van der Waals surface area contributed by atoms with E-state index in [1.54, 1.807) is 0 Å². The van der Waals surface area contributed by atoms with E-state index in [1.807, 2.05) is 0 Å². The Balaban J connectivity index is 2.80. The lowest BCUT2D eigenvalue weighted by atomic mass is 10.0. The average Bonchev–Trinajstić information content (AvgIpc) is 2.29. The monoisotopic (exact) mass is 242 g/mol. The van der Waals surface area contributed by atoms with Crippen molar-refractivity contribution >= 4 is 5.69 Å². The van der Waals surface area contributed by atoms with Crippen LogP contribution in [0.2, 0.25) is 0 Å². The van der Waals surface area contributed by atoms with Gasteiger partial charge in [-0.25, -0.2) is 8.78 Å². The van der Waals surface area contributed by atoms with E-state index in [1.165, 1.54) is 24.3 Å². The van der Waals surface area contributed by atoms with Crippen LogP contribution in [0.25, 0.3) is 11.1 Å². The molecule has 0 fully saturated rings. The number of anilines is 1. The lowest BCUT2D eigenvalue weighted by molar-refractivity contribution is 0.410. The van der Waals surface area contributed by atoms with Crippen LogP contribution in [-0.4, -0.2) is 4.98 Å². The van der Waals surface area contributed by atoms with Gasteiger partial charge in [-0.2, -0.15) is 13.8 Å². The largest absolute Gasteiger partial charge is 0.398 e. The van der Waals surface area contributed by atoms with Crippen molar-refractivity contribution in [1.29, 1.82) is 0 Å². The zero-order valence-corrected chi connectivity index (χ0v) is 8.35. The molecule has 1 heterocycles. The number of nitrogens with two attached hydrogens (primary N) is 1. The Morgan fingerprint density at radius 1 is 0.882 bits per heavy atom. The Hall–Kier alpha value is -2.11. The molecule has 2 N–H and O–H groups in total. The molecule has 2 nitrogen and oxygen atoms in total.